The number of hydrogen-bond donors (Lipinski definition) is 1. The lowest BCUT2D eigenvalue weighted by Crippen LogP contribution is -2.25. The van der Waals surface area contributed by atoms with Crippen LogP contribution in [0.1, 0.15) is 31.0 Å². The van der Waals surface area contributed by atoms with Gasteiger partial charge in [-0.1, -0.05) is 32.0 Å². The molecule has 0 aliphatic heterocycles. The summed E-state index contributed by atoms with van der Waals surface area (Å²) < 4.78 is 5.35. The quantitative estimate of drug-likeness (QED) is 0.895. The zero-order valence-electron chi connectivity index (χ0n) is 11.1. The standard InChI is InChI=1S/C14H17N3O2/c1-10(2)8-9-15-12(18)14-17-16-13(19-14)11-6-4-3-5-7-11/h3-7,10H,8-9H2,1-2H3,(H,15,18). The van der Waals surface area contributed by atoms with Gasteiger partial charge in [-0.25, -0.2) is 0 Å². The second kappa shape index (κ2) is 6.13. The Morgan fingerprint density at radius 3 is 2.68 bits per heavy atom. The zero-order chi connectivity index (χ0) is 13.7. The number of amides is 1. The summed E-state index contributed by atoms with van der Waals surface area (Å²) in [7, 11) is 0. The van der Waals surface area contributed by atoms with Gasteiger partial charge >= 0.3 is 11.8 Å². The summed E-state index contributed by atoms with van der Waals surface area (Å²) in [5.41, 5.74) is 0.802. The van der Waals surface area contributed by atoms with Gasteiger partial charge in [0, 0.05) is 12.1 Å². The highest BCUT2D eigenvalue weighted by Gasteiger charge is 2.15. The van der Waals surface area contributed by atoms with Crippen molar-refractivity contribution in [3.05, 3.63) is 36.2 Å². The molecule has 1 aromatic heterocycles. The van der Waals surface area contributed by atoms with Gasteiger partial charge in [-0.2, -0.15) is 0 Å². The number of nitrogens with one attached hydrogen (secondary N) is 1. The van der Waals surface area contributed by atoms with Gasteiger partial charge in [0.15, 0.2) is 0 Å². The predicted molar refractivity (Wildman–Crippen MR) is 71.5 cm³/mol. The molecule has 5 nitrogen and oxygen atoms in total. The van der Waals surface area contributed by atoms with Crippen molar-refractivity contribution >= 4 is 5.91 Å². The molecule has 19 heavy (non-hydrogen) atoms. The molecule has 0 bridgehead atoms. The molecule has 1 N–H and O–H groups in total. The third-order valence-electron chi connectivity index (χ3n) is 2.65. The third kappa shape index (κ3) is 3.64. The molecule has 0 saturated heterocycles. The monoisotopic (exact) mass is 259 g/mol. The first kappa shape index (κ1) is 13.3. The molecule has 0 aliphatic rings. The first-order valence-electron chi connectivity index (χ1n) is 6.34. The molecule has 100 valence electrons. The Kier molecular flexibility index (Phi) is 4.28. The summed E-state index contributed by atoms with van der Waals surface area (Å²) in [6.45, 7) is 4.82. The normalized spacial score (nSPS) is 10.7. The van der Waals surface area contributed by atoms with E-state index in [1.807, 2.05) is 30.3 Å². The average molecular weight is 259 g/mol. The maximum atomic E-state index is 11.8. The van der Waals surface area contributed by atoms with Crippen LogP contribution in [0.5, 0.6) is 0 Å². The summed E-state index contributed by atoms with van der Waals surface area (Å²) in [6, 6.07) is 9.37. The van der Waals surface area contributed by atoms with E-state index in [4.69, 9.17) is 4.42 Å². The Bertz CT molecular complexity index is 535. The van der Waals surface area contributed by atoms with Crippen LogP contribution in [0.4, 0.5) is 0 Å². The molecule has 2 aromatic rings. The Hall–Kier alpha value is -2.17. The molecule has 0 fully saturated rings. The molecule has 0 radical (unpaired) electrons. The van der Waals surface area contributed by atoms with Crippen LogP contribution >= 0.6 is 0 Å². The second-order valence-electron chi connectivity index (χ2n) is 4.72. The molecule has 0 saturated carbocycles. The van der Waals surface area contributed by atoms with Gasteiger partial charge in [-0.3, -0.25) is 4.79 Å². The number of hydrogen-bond acceptors (Lipinski definition) is 4. The molecular formula is C14H17N3O2. The van der Waals surface area contributed by atoms with Gasteiger partial charge in [0.25, 0.3) is 0 Å². The Labute approximate surface area is 112 Å². The van der Waals surface area contributed by atoms with Crippen molar-refractivity contribution in [1.82, 2.24) is 15.5 Å². The Morgan fingerprint density at radius 1 is 1.26 bits per heavy atom. The molecule has 1 aromatic carbocycles. The molecule has 2 rings (SSSR count). The number of rotatable bonds is 5. The SMILES string of the molecule is CC(C)CCNC(=O)c1nnc(-c2ccccc2)o1. The summed E-state index contributed by atoms with van der Waals surface area (Å²) in [5, 5.41) is 10.4. The van der Waals surface area contributed by atoms with Gasteiger partial charge in [0.2, 0.25) is 5.89 Å². The molecule has 1 heterocycles. The largest absolute Gasteiger partial charge is 0.412 e. The van der Waals surface area contributed by atoms with Crippen molar-refractivity contribution in [2.45, 2.75) is 20.3 Å². The molecule has 5 heteroatoms. The second-order valence-corrected chi connectivity index (χ2v) is 4.72. The lowest BCUT2D eigenvalue weighted by atomic mass is 10.1. The fourth-order valence-electron chi connectivity index (χ4n) is 1.56. The highest BCUT2D eigenvalue weighted by Crippen LogP contribution is 2.16. The van der Waals surface area contributed by atoms with E-state index in [0.717, 1.165) is 12.0 Å². The molecule has 0 spiro atoms. The molecule has 0 aliphatic carbocycles. The van der Waals surface area contributed by atoms with Crippen molar-refractivity contribution < 1.29 is 9.21 Å². The highest BCUT2D eigenvalue weighted by molar-refractivity contribution is 5.89. The molecule has 0 unspecified atom stereocenters. The predicted octanol–water partition coefficient (Wildman–Crippen LogP) is 2.51. The van der Waals surface area contributed by atoms with Crippen molar-refractivity contribution in [3.63, 3.8) is 0 Å². The number of nitrogens with zero attached hydrogens (tertiary/aromatic N) is 2. The van der Waals surface area contributed by atoms with Crippen LogP contribution in [-0.4, -0.2) is 22.6 Å². The smallest absolute Gasteiger partial charge is 0.308 e. The van der Waals surface area contributed by atoms with E-state index >= 15 is 0 Å². The van der Waals surface area contributed by atoms with E-state index in [2.05, 4.69) is 29.4 Å². The fourth-order valence-corrected chi connectivity index (χ4v) is 1.56. The van der Waals surface area contributed by atoms with Gasteiger partial charge in [-0.15, -0.1) is 10.2 Å². The first-order valence-corrected chi connectivity index (χ1v) is 6.34. The van der Waals surface area contributed by atoms with Crippen LogP contribution in [0, 0.1) is 5.92 Å². The van der Waals surface area contributed by atoms with Gasteiger partial charge in [0.05, 0.1) is 0 Å². The maximum Gasteiger partial charge on any atom is 0.308 e. The molecular weight excluding hydrogens is 242 g/mol. The minimum Gasteiger partial charge on any atom is -0.412 e. The summed E-state index contributed by atoms with van der Waals surface area (Å²) >= 11 is 0. The van der Waals surface area contributed by atoms with Gasteiger partial charge in [-0.05, 0) is 24.5 Å². The van der Waals surface area contributed by atoms with Crippen LogP contribution < -0.4 is 5.32 Å². The van der Waals surface area contributed by atoms with Crippen molar-refractivity contribution in [3.8, 4) is 11.5 Å². The van der Waals surface area contributed by atoms with Gasteiger partial charge in [0.1, 0.15) is 0 Å². The highest BCUT2D eigenvalue weighted by atomic mass is 16.4. The summed E-state index contributed by atoms with van der Waals surface area (Å²) in [4.78, 5) is 11.8. The zero-order valence-corrected chi connectivity index (χ0v) is 11.1. The minimum absolute atomic E-state index is 0.00242. The van der Waals surface area contributed by atoms with Crippen LogP contribution in [0.15, 0.2) is 34.7 Å². The fraction of sp³-hybridized carbons (Fsp3) is 0.357. The van der Waals surface area contributed by atoms with Crippen LogP contribution in [-0.2, 0) is 0 Å². The van der Waals surface area contributed by atoms with Crippen LogP contribution in [0.25, 0.3) is 11.5 Å². The summed E-state index contributed by atoms with van der Waals surface area (Å²) in [5.74, 6) is 0.579. The average Bonchev–Trinajstić information content (AvgIpc) is 2.89. The van der Waals surface area contributed by atoms with Crippen molar-refractivity contribution in [1.29, 1.82) is 0 Å². The number of aromatic nitrogens is 2. The summed E-state index contributed by atoms with van der Waals surface area (Å²) in [6.07, 6.45) is 0.922. The first-order chi connectivity index (χ1) is 9.16. The Morgan fingerprint density at radius 2 is 2.00 bits per heavy atom. The number of benzene rings is 1. The van der Waals surface area contributed by atoms with E-state index in [1.165, 1.54) is 0 Å². The van der Waals surface area contributed by atoms with E-state index in [9.17, 15) is 4.79 Å². The minimum atomic E-state index is -0.324. The maximum absolute atomic E-state index is 11.8. The number of carbonyl (C=O) groups excluding carboxylic acids is 1. The third-order valence-corrected chi connectivity index (χ3v) is 2.65. The lowest BCUT2D eigenvalue weighted by Gasteiger charge is -2.04. The molecule has 0 atom stereocenters. The lowest BCUT2D eigenvalue weighted by molar-refractivity contribution is 0.0918. The van der Waals surface area contributed by atoms with E-state index in [-0.39, 0.29) is 11.8 Å². The van der Waals surface area contributed by atoms with Crippen LogP contribution in [0.3, 0.4) is 0 Å². The van der Waals surface area contributed by atoms with Crippen molar-refractivity contribution in [2.24, 2.45) is 5.92 Å². The number of carbonyl (C=O) groups is 1. The Balaban J connectivity index is 1.99. The van der Waals surface area contributed by atoms with Gasteiger partial charge < -0.3 is 9.73 Å². The molecule has 1 amide bonds. The van der Waals surface area contributed by atoms with E-state index in [0.29, 0.717) is 18.4 Å². The van der Waals surface area contributed by atoms with Crippen LogP contribution in [0.2, 0.25) is 0 Å². The topological polar surface area (TPSA) is 68.0 Å². The van der Waals surface area contributed by atoms with E-state index in [1.54, 1.807) is 0 Å². The van der Waals surface area contributed by atoms with Crippen molar-refractivity contribution in [2.75, 3.05) is 6.54 Å². The van der Waals surface area contributed by atoms with E-state index < -0.39 is 0 Å².